The zero-order chi connectivity index (χ0) is 13.3. The lowest BCUT2D eigenvalue weighted by atomic mass is 10.2. The van der Waals surface area contributed by atoms with E-state index in [2.05, 4.69) is 15.6 Å². The highest BCUT2D eigenvalue weighted by Crippen LogP contribution is 2.17. The van der Waals surface area contributed by atoms with E-state index in [0.29, 0.717) is 18.8 Å². The fourth-order valence-electron chi connectivity index (χ4n) is 2.69. The second-order valence-corrected chi connectivity index (χ2v) is 5.33. The summed E-state index contributed by atoms with van der Waals surface area (Å²) < 4.78 is 11.1. The number of nitrogens with zero attached hydrogens (tertiary/aromatic N) is 1. The number of rotatable bonds is 6. The summed E-state index contributed by atoms with van der Waals surface area (Å²) in [6.07, 6.45) is 7.81. The Morgan fingerprint density at radius 3 is 2.79 bits per heavy atom. The lowest BCUT2D eigenvalue weighted by Crippen LogP contribution is -2.43. The number of nitrogens with one attached hydrogen (secondary N) is 2. The van der Waals surface area contributed by atoms with Gasteiger partial charge >= 0.3 is 0 Å². The molecule has 1 aliphatic carbocycles. The molecule has 19 heavy (non-hydrogen) atoms. The van der Waals surface area contributed by atoms with Crippen LogP contribution in [-0.2, 0) is 9.47 Å². The van der Waals surface area contributed by atoms with Crippen molar-refractivity contribution in [2.75, 3.05) is 33.4 Å². The lowest BCUT2D eigenvalue weighted by molar-refractivity contribution is 0.0191. The molecule has 0 aromatic heterocycles. The molecule has 1 atom stereocenters. The molecule has 1 saturated carbocycles. The molecule has 0 aromatic carbocycles. The Bertz CT molecular complexity index is 272. The molecular weight excluding hydrogens is 242 g/mol. The highest BCUT2D eigenvalue weighted by atomic mass is 16.5. The van der Waals surface area contributed by atoms with E-state index in [9.17, 15) is 0 Å². The normalized spacial score (nSPS) is 24.9. The van der Waals surface area contributed by atoms with E-state index in [1.807, 2.05) is 7.05 Å². The summed E-state index contributed by atoms with van der Waals surface area (Å²) in [6, 6.07) is 0.596. The van der Waals surface area contributed by atoms with E-state index in [-0.39, 0.29) is 0 Å². The molecule has 2 fully saturated rings. The van der Waals surface area contributed by atoms with Gasteiger partial charge in [0.1, 0.15) is 0 Å². The molecular formula is C14H27N3O2. The minimum Gasteiger partial charge on any atom is -0.377 e. The smallest absolute Gasteiger partial charge is 0.191 e. The molecule has 1 saturated heterocycles. The Balaban J connectivity index is 1.50. The molecule has 0 radical (unpaired) electrons. The second-order valence-electron chi connectivity index (χ2n) is 5.33. The highest BCUT2D eigenvalue weighted by Gasteiger charge is 2.16. The first kappa shape index (κ1) is 14.6. The minimum atomic E-state index is 0.316. The van der Waals surface area contributed by atoms with Crippen LogP contribution in [0.3, 0.4) is 0 Å². The Kier molecular flexibility index (Phi) is 6.44. The Morgan fingerprint density at radius 2 is 2.11 bits per heavy atom. The fourth-order valence-corrected chi connectivity index (χ4v) is 2.69. The van der Waals surface area contributed by atoms with Gasteiger partial charge in [-0.25, -0.2) is 0 Å². The van der Waals surface area contributed by atoms with Gasteiger partial charge in [0.15, 0.2) is 5.96 Å². The van der Waals surface area contributed by atoms with Crippen molar-refractivity contribution < 1.29 is 9.47 Å². The molecule has 5 nitrogen and oxygen atoms in total. The van der Waals surface area contributed by atoms with Crippen molar-refractivity contribution in [1.29, 1.82) is 0 Å². The summed E-state index contributed by atoms with van der Waals surface area (Å²) in [6.45, 7) is 3.10. The number of hydrogen-bond donors (Lipinski definition) is 2. The molecule has 2 N–H and O–H groups in total. The van der Waals surface area contributed by atoms with Crippen LogP contribution in [0.25, 0.3) is 0 Å². The number of aliphatic imine (C=N–C) groups is 1. The van der Waals surface area contributed by atoms with E-state index in [0.717, 1.165) is 32.1 Å². The molecule has 2 rings (SSSR count). The van der Waals surface area contributed by atoms with Crippen molar-refractivity contribution in [3.05, 3.63) is 0 Å². The third-order valence-corrected chi connectivity index (χ3v) is 3.79. The predicted octanol–water partition coefficient (Wildman–Crippen LogP) is 1.29. The maximum atomic E-state index is 5.61. The van der Waals surface area contributed by atoms with Gasteiger partial charge in [-0.15, -0.1) is 0 Å². The first-order valence-electron chi connectivity index (χ1n) is 7.55. The SMILES string of the molecule is CN=C(NCCOCC1CCCO1)NC1CCCC1. The van der Waals surface area contributed by atoms with Gasteiger partial charge in [0, 0.05) is 26.2 Å². The zero-order valence-corrected chi connectivity index (χ0v) is 12.0. The standard InChI is InChI=1S/C14H27N3O2/c1-15-14(17-12-5-2-3-6-12)16-8-10-18-11-13-7-4-9-19-13/h12-13H,2-11H2,1H3,(H2,15,16,17). The topological polar surface area (TPSA) is 54.9 Å². The van der Waals surface area contributed by atoms with E-state index >= 15 is 0 Å². The average molecular weight is 269 g/mol. The number of ether oxygens (including phenoxy) is 2. The van der Waals surface area contributed by atoms with E-state index in [1.165, 1.54) is 32.1 Å². The molecule has 5 heteroatoms. The number of hydrogen-bond acceptors (Lipinski definition) is 3. The van der Waals surface area contributed by atoms with E-state index < -0.39 is 0 Å². The lowest BCUT2D eigenvalue weighted by Gasteiger charge is -2.17. The molecule has 2 aliphatic rings. The molecule has 110 valence electrons. The van der Waals surface area contributed by atoms with Gasteiger partial charge in [0.05, 0.1) is 19.3 Å². The van der Waals surface area contributed by atoms with Gasteiger partial charge in [-0.3, -0.25) is 4.99 Å². The Hall–Kier alpha value is -0.810. The quantitative estimate of drug-likeness (QED) is 0.433. The van der Waals surface area contributed by atoms with Crippen molar-refractivity contribution in [2.24, 2.45) is 4.99 Å². The summed E-state index contributed by atoms with van der Waals surface area (Å²) in [5, 5.41) is 6.75. The van der Waals surface area contributed by atoms with Crippen molar-refractivity contribution in [3.63, 3.8) is 0 Å². The van der Waals surface area contributed by atoms with Crippen LogP contribution in [0, 0.1) is 0 Å². The summed E-state index contributed by atoms with van der Waals surface area (Å²) in [4.78, 5) is 4.24. The number of guanidine groups is 1. The van der Waals surface area contributed by atoms with Gasteiger partial charge < -0.3 is 20.1 Å². The van der Waals surface area contributed by atoms with Gasteiger partial charge in [-0.2, -0.15) is 0 Å². The van der Waals surface area contributed by atoms with Crippen LogP contribution in [0.1, 0.15) is 38.5 Å². The molecule has 1 heterocycles. The first-order chi connectivity index (χ1) is 9.38. The van der Waals surface area contributed by atoms with Gasteiger partial charge in [0.2, 0.25) is 0 Å². The molecule has 0 spiro atoms. The molecule has 1 unspecified atom stereocenters. The molecule has 0 amide bonds. The van der Waals surface area contributed by atoms with Gasteiger partial charge in [-0.05, 0) is 25.7 Å². The maximum Gasteiger partial charge on any atom is 0.191 e. The van der Waals surface area contributed by atoms with E-state index in [4.69, 9.17) is 9.47 Å². The predicted molar refractivity (Wildman–Crippen MR) is 76.5 cm³/mol. The van der Waals surface area contributed by atoms with Crippen molar-refractivity contribution in [3.8, 4) is 0 Å². The van der Waals surface area contributed by atoms with Gasteiger partial charge in [0.25, 0.3) is 0 Å². The van der Waals surface area contributed by atoms with Crippen LogP contribution in [0.4, 0.5) is 0 Å². The molecule has 1 aliphatic heterocycles. The fraction of sp³-hybridized carbons (Fsp3) is 0.929. The largest absolute Gasteiger partial charge is 0.377 e. The summed E-state index contributed by atoms with van der Waals surface area (Å²) in [7, 11) is 1.82. The zero-order valence-electron chi connectivity index (χ0n) is 12.0. The van der Waals surface area contributed by atoms with Crippen LogP contribution in [0.5, 0.6) is 0 Å². The second kappa shape index (κ2) is 8.38. The monoisotopic (exact) mass is 269 g/mol. The maximum absolute atomic E-state index is 5.61. The van der Waals surface area contributed by atoms with Crippen molar-refractivity contribution >= 4 is 5.96 Å². The van der Waals surface area contributed by atoms with Crippen LogP contribution in [0.15, 0.2) is 4.99 Å². The van der Waals surface area contributed by atoms with Crippen molar-refractivity contribution in [2.45, 2.75) is 50.7 Å². The average Bonchev–Trinajstić information content (AvgIpc) is 3.10. The van der Waals surface area contributed by atoms with E-state index in [1.54, 1.807) is 0 Å². The van der Waals surface area contributed by atoms with Gasteiger partial charge in [-0.1, -0.05) is 12.8 Å². The summed E-state index contributed by atoms with van der Waals surface area (Å²) in [5.74, 6) is 0.896. The Morgan fingerprint density at radius 1 is 1.26 bits per heavy atom. The van der Waals surface area contributed by atoms with Crippen LogP contribution in [0.2, 0.25) is 0 Å². The summed E-state index contributed by atoms with van der Waals surface area (Å²) in [5.41, 5.74) is 0. The van der Waals surface area contributed by atoms with Crippen LogP contribution in [-0.4, -0.2) is 51.5 Å². The minimum absolute atomic E-state index is 0.316. The van der Waals surface area contributed by atoms with Crippen molar-refractivity contribution in [1.82, 2.24) is 10.6 Å². The third-order valence-electron chi connectivity index (χ3n) is 3.79. The first-order valence-corrected chi connectivity index (χ1v) is 7.55. The Labute approximate surface area is 116 Å². The highest BCUT2D eigenvalue weighted by molar-refractivity contribution is 5.79. The van der Waals surface area contributed by atoms with Crippen LogP contribution < -0.4 is 10.6 Å². The summed E-state index contributed by atoms with van der Waals surface area (Å²) >= 11 is 0. The van der Waals surface area contributed by atoms with Crippen LogP contribution >= 0.6 is 0 Å². The molecule has 0 aromatic rings. The third kappa shape index (κ3) is 5.37. The molecule has 0 bridgehead atoms.